The lowest BCUT2D eigenvalue weighted by Crippen LogP contribution is -2.03. The monoisotopic (exact) mass is 247 g/mol. The van der Waals surface area contributed by atoms with Gasteiger partial charge >= 0.3 is 5.97 Å². The molecule has 0 amide bonds. The first-order valence-corrected chi connectivity index (χ1v) is 5.52. The Labute approximate surface area is 104 Å². The van der Waals surface area contributed by atoms with E-state index in [-0.39, 0.29) is 5.56 Å². The number of benzene rings is 1. The second kappa shape index (κ2) is 4.87. The first-order chi connectivity index (χ1) is 8.63. The summed E-state index contributed by atoms with van der Waals surface area (Å²) in [6.45, 7) is 4.26. The Bertz CT molecular complexity index is 578. The average Bonchev–Trinajstić information content (AvgIpc) is 2.78. The minimum Gasteiger partial charge on any atom is -0.478 e. The van der Waals surface area contributed by atoms with Crippen molar-refractivity contribution in [3.63, 3.8) is 0 Å². The number of aromatic nitrogens is 3. The number of carbonyl (C=O) groups is 1. The van der Waals surface area contributed by atoms with Crippen LogP contribution in [0.2, 0.25) is 0 Å². The fraction of sp³-hybridized carbons (Fsp3) is 0.250. The number of rotatable bonds is 4. The predicted molar refractivity (Wildman–Crippen MR) is 63.9 cm³/mol. The minimum atomic E-state index is -0.972. The second-order valence-electron chi connectivity index (χ2n) is 3.72. The summed E-state index contributed by atoms with van der Waals surface area (Å²) in [7, 11) is 0. The van der Waals surface area contributed by atoms with Gasteiger partial charge in [-0.15, -0.1) is 5.10 Å². The largest absolute Gasteiger partial charge is 0.478 e. The van der Waals surface area contributed by atoms with Gasteiger partial charge in [0, 0.05) is 12.1 Å². The number of hydrogen-bond acceptors (Lipinski definition) is 4. The molecule has 2 rings (SSSR count). The van der Waals surface area contributed by atoms with Gasteiger partial charge in [-0.2, -0.15) is 0 Å². The quantitative estimate of drug-likeness (QED) is 0.895. The third kappa shape index (κ3) is 2.17. The Morgan fingerprint density at radius 3 is 2.94 bits per heavy atom. The van der Waals surface area contributed by atoms with Crippen molar-refractivity contribution >= 4 is 5.97 Å². The van der Waals surface area contributed by atoms with Crippen molar-refractivity contribution in [2.24, 2.45) is 0 Å². The lowest BCUT2D eigenvalue weighted by molar-refractivity contribution is 0.0695. The SMILES string of the molecule is CCn1nncc1Oc1cccc(C(=O)O)c1C. The molecular formula is C12H13N3O3. The Morgan fingerprint density at radius 1 is 1.50 bits per heavy atom. The van der Waals surface area contributed by atoms with Crippen molar-refractivity contribution in [1.29, 1.82) is 0 Å². The highest BCUT2D eigenvalue weighted by molar-refractivity contribution is 5.90. The van der Waals surface area contributed by atoms with Gasteiger partial charge in [-0.05, 0) is 26.0 Å². The Kier molecular flexibility index (Phi) is 3.27. The maximum atomic E-state index is 11.0. The van der Waals surface area contributed by atoms with Crippen LogP contribution in [0.1, 0.15) is 22.8 Å². The molecule has 1 aromatic heterocycles. The van der Waals surface area contributed by atoms with Gasteiger partial charge in [0.05, 0.1) is 5.56 Å². The van der Waals surface area contributed by atoms with Gasteiger partial charge in [0.25, 0.3) is 0 Å². The third-order valence-corrected chi connectivity index (χ3v) is 2.61. The molecule has 6 nitrogen and oxygen atoms in total. The summed E-state index contributed by atoms with van der Waals surface area (Å²) in [4.78, 5) is 11.0. The van der Waals surface area contributed by atoms with E-state index in [1.165, 1.54) is 6.20 Å². The van der Waals surface area contributed by atoms with Crippen molar-refractivity contribution in [3.05, 3.63) is 35.5 Å². The summed E-state index contributed by atoms with van der Waals surface area (Å²) < 4.78 is 7.23. The zero-order chi connectivity index (χ0) is 13.1. The van der Waals surface area contributed by atoms with Crippen LogP contribution in [0.3, 0.4) is 0 Å². The number of carboxylic acids is 1. The van der Waals surface area contributed by atoms with Gasteiger partial charge in [-0.1, -0.05) is 11.3 Å². The fourth-order valence-electron chi connectivity index (χ4n) is 1.62. The molecule has 0 bridgehead atoms. The van der Waals surface area contributed by atoms with E-state index in [1.807, 2.05) is 6.92 Å². The smallest absolute Gasteiger partial charge is 0.336 e. The van der Waals surface area contributed by atoms with E-state index in [0.29, 0.717) is 23.7 Å². The summed E-state index contributed by atoms with van der Waals surface area (Å²) in [5.41, 5.74) is 0.803. The van der Waals surface area contributed by atoms with Crippen molar-refractivity contribution in [3.8, 4) is 11.6 Å². The van der Waals surface area contributed by atoms with Crippen LogP contribution in [0, 0.1) is 6.92 Å². The molecule has 18 heavy (non-hydrogen) atoms. The average molecular weight is 247 g/mol. The molecule has 1 aromatic carbocycles. The molecule has 6 heteroatoms. The Hall–Kier alpha value is -2.37. The number of nitrogens with zero attached hydrogens (tertiary/aromatic N) is 3. The van der Waals surface area contributed by atoms with Crippen LogP contribution in [0.15, 0.2) is 24.4 Å². The highest BCUT2D eigenvalue weighted by atomic mass is 16.5. The minimum absolute atomic E-state index is 0.225. The summed E-state index contributed by atoms with van der Waals surface area (Å²) in [5.74, 6) is 0.00936. The fourth-order valence-corrected chi connectivity index (χ4v) is 1.62. The molecule has 0 atom stereocenters. The molecule has 1 heterocycles. The molecule has 2 aromatic rings. The normalized spacial score (nSPS) is 10.3. The number of hydrogen-bond donors (Lipinski definition) is 1. The van der Waals surface area contributed by atoms with Gasteiger partial charge in [-0.3, -0.25) is 0 Å². The summed E-state index contributed by atoms with van der Waals surface area (Å²) in [6.07, 6.45) is 1.50. The standard InChI is InChI=1S/C12H13N3O3/c1-3-15-11(7-13-14-15)18-10-6-4-5-9(8(10)2)12(16)17/h4-7H,3H2,1-2H3,(H,16,17). The predicted octanol–water partition coefficient (Wildman–Crippen LogP) is 2.10. The van der Waals surface area contributed by atoms with Crippen LogP contribution in [-0.2, 0) is 6.54 Å². The van der Waals surface area contributed by atoms with E-state index in [4.69, 9.17) is 9.84 Å². The first-order valence-electron chi connectivity index (χ1n) is 5.52. The van der Waals surface area contributed by atoms with Gasteiger partial charge in [-0.25, -0.2) is 9.48 Å². The summed E-state index contributed by atoms with van der Waals surface area (Å²) in [6, 6.07) is 4.90. The molecule has 0 aliphatic heterocycles. The summed E-state index contributed by atoms with van der Waals surface area (Å²) >= 11 is 0. The van der Waals surface area contributed by atoms with Crippen LogP contribution >= 0.6 is 0 Å². The van der Waals surface area contributed by atoms with Crippen LogP contribution in [0.25, 0.3) is 0 Å². The van der Waals surface area contributed by atoms with E-state index in [1.54, 1.807) is 29.8 Å². The Balaban J connectivity index is 2.35. The summed E-state index contributed by atoms with van der Waals surface area (Å²) in [5, 5.41) is 16.6. The van der Waals surface area contributed by atoms with E-state index in [2.05, 4.69) is 10.3 Å². The lowest BCUT2D eigenvalue weighted by atomic mass is 10.1. The van der Waals surface area contributed by atoms with Crippen LogP contribution < -0.4 is 4.74 Å². The Morgan fingerprint density at radius 2 is 2.28 bits per heavy atom. The highest BCUT2D eigenvalue weighted by Gasteiger charge is 2.13. The van der Waals surface area contributed by atoms with Crippen molar-refractivity contribution in [2.45, 2.75) is 20.4 Å². The molecule has 0 spiro atoms. The number of aryl methyl sites for hydroxylation is 1. The van der Waals surface area contributed by atoms with E-state index >= 15 is 0 Å². The van der Waals surface area contributed by atoms with Crippen LogP contribution in [-0.4, -0.2) is 26.1 Å². The van der Waals surface area contributed by atoms with Gasteiger partial charge < -0.3 is 9.84 Å². The van der Waals surface area contributed by atoms with Gasteiger partial charge in [0.2, 0.25) is 5.88 Å². The molecule has 0 radical (unpaired) electrons. The van der Waals surface area contributed by atoms with Crippen molar-refractivity contribution < 1.29 is 14.6 Å². The molecule has 94 valence electrons. The number of aromatic carboxylic acids is 1. The van der Waals surface area contributed by atoms with Crippen molar-refractivity contribution in [2.75, 3.05) is 0 Å². The maximum Gasteiger partial charge on any atom is 0.336 e. The van der Waals surface area contributed by atoms with Crippen LogP contribution in [0.4, 0.5) is 0 Å². The maximum absolute atomic E-state index is 11.0. The zero-order valence-corrected chi connectivity index (χ0v) is 10.1. The highest BCUT2D eigenvalue weighted by Crippen LogP contribution is 2.26. The molecule has 0 aliphatic carbocycles. The van der Waals surface area contributed by atoms with E-state index in [9.17, 15) is 4.79 Å². The topological polar surface area (TPSA) is 77.2 Å². The van der Waals surface area contributed by atoms with Crippen LogP contribution in [0.5, 0.6) is 11.6 Å². The van der Waals surface area contributed by atoms with E-state index < -0.39 is 5.97 Å². The lowest BCUT2D eigenvalue weighted by Gasteiger charge is -2.10. The molecule has 0 saturated heterocycles. The van der Waals surface area contributed by atoms with Gasteiger partial charge in [0.15, 0.2) is 0 Å². The second-order valence-corrected chi connectivity index (χ2v) is 3.72. The number of ether oxygens (including phenoxy) is 1. The molecule has 0 unspecified atom stereocenters. The van der Waals surface area contributed by atoms with Crippen molar-refractivity contribution in [1.82, 2.24) is 15.0 Å². The zero-order valence-electron chi connectivity index (χ0n) is 10.1. The molecule has 0 fully saturated rings. The molecular weight excluding hydrogens is 234 g/mol. The molecule has 0 aliphatic rings. The van der Waals surface area contributed by atoms with Gasteiger partial charge in [0.1, 0.15) is 11.9 Å². The first kappa shape index (κ1) is 12.1. The molecule has 1 N–H and O–H groups in total. The van der Waals surface area contributed by atoms with E-state index in [0.717, 1.165) is 0 Å². The third-order valence-electron chi connectivity index (χ3n) is 2.61. The number of carboxylic acid groups (broad SMARTS) is 1. The molecule has 0 saturated carbocycles.